The van der Waals surface area contributed by atoms with Gasteiger partial charge in [-0.2, -0.15) is 0 Å². The lowest BCUT2D eigenvalue weighted by Crippen LogP contribution is -1.80. The molecule has 0 spiro atoms. The topological polar surface area (TPSA) is 20.2 Å². The van der Waals surface area contributed by atoms with E-state index < -0.39 is 0 Å². The molecule has 0 aliphatic rings. The van der Waals surface area contributed by atoms with E-state index in [0.717, 1.165) is 0 Å². The van der Waals surface area contributed by atoms with Crippen molar-refractivity contribution in [2.45, 2.75) is 6.92 Å². The number of hydrogen-bond acceptors (Lipinski definition) is 1. The number of rotatable bonds is 0. The van der Waals surface area contributed by atoms with Crippen molar-refractivity contribution < 1.29 is 5.11 Å². The van der Waals surface area contributed by atoms with Crippen LogP contribution in [0.3, 0.4) is 0 Å². The molecule has 2 heteroatoms. The van der Waals surface area contributed by atoms with Gasteiger partial charge in [0.2, 0.25) is 0 Å². The molecule has 0 atom stereocenters. The average molecular weight is 74.2 g/mol. The minimum absolute atomic E-state index is 0.444. The highest BCUT2D eigenvalue weighted by Crippen LogP contribution is 1.40. The Bertz CT molecular complexity index is 29.0. The molecule has 0 aliphatic heterocycles. The lowest BCUT2D eigenvalue weighted by molar-refractivity contribution is 0.563. The molecule has 0 aromatic heterocycles. The van der Waals surface area contributed by atoms with Crippen molar-refractivity contribution in [3.8, 4) is 0 Å². The molecule has 0 saturated carbocycles. The molecule has 0 rings (SSSR count). The van der Waals surface area contributed by atoms with Crippen LogP contribution in [0.15, 0.2) is 0 Å². The molecule has 24 valence electrons. The van der Waals surface area contributed by atoms with Crippen LogP contribution < -0.4 is 0 Å². The molecule has 0 aromatic carbocycles. The highest BCUT2D eigenvalue weighted by Gasteiger charge is 1.53. The minimum atomic E-state index is 0.444. The monoisotopic (exact) mass is 74.0 g/mol. The molecule has 0 heterocycles. The van der Waals surface area contributed by atoms with Gasteiger partial charge in [0, 0.05) is 9.85 Å². The van der Waals surface area contributed by atoms with E-state index >= 15 is 0 Å². The largest absolute Gasteiger partial charge is 0.519 e. The molecule has 0 saturated heterocycles. The van der Waals surface area contributed by atoms with E-state index in [1.54, 1.807) is 6.92 Å². The van der Waals surface area contributed by atoms with Crippen LogP contribution in [0.5, 0.6) is 0 Å². The standard InChI is InChI=1S/C2H6OSi/c1-2(3)4/h3H,4H2,1H3. The zero-order valence-corrected chi connectivity index (χ0v) is 4.07. The predicted molar refractivity (Wildman–Crippen MR) is 21.2 cm³/mol. The summed E-state index contributed by atoms with van der Waals surface area (Å²) in [5.74, 6) is 0. The first-order valence-electron chi connectivity index (χ1n) is 1.08. The van der Waals surface area contributed by atoms with Gasteiger partial charge in [0.1, 0.15) is 0 Å². The lowest BCUT2D eigenvalue weighted by Gasteiger charge is -1.69. The fourth-order valence-electron chi connectivity index (χ4n) is 0. The molecule has 0 unspecified atom stereocenters. The zero-order chi connectivity index (χ0) is 3.58. The van der Waals surface area contributed by atoms with Crippen molar-refractivity contribution in [1.82, 2.24) is 0 Å². The molecule has 0 bridgehead atoms. The quantitative estimate of drug-likeness (QED) is 0.371. The summed E-state index contributed by atoms with van der Waals surface area (Å²) in [5, 5.41) is 8.43. The first kappa shape index (κ1) is 3.89. The highest BCUT2D eigenvalue weighted by molar-refractivity contribution is 6.33. The zero-order valence-electron chi connectivity index (χ0n) is 2.65. The maximum absolute atomic E-state index is 7.98. The maximum Gasteiger partial charge on any atom is 0.0539 e. The molecular weight excluding hydrogens is 68.1 g/mol. The van der Waals surface area contributed by atoms with Gasteiger partial charge in [-0.3, -0.25) is 0 Å². The molecule has 0 amide bonds. The Hall–Kier alpha value is -0.113. The molecule has 0 aliphatic carbocycles. The van der Waals surface area contributed by atoms with Gasteiger partial charge < -0.3 is 5.11 Å². The molecule has 0 aromatic rings. The summed E-state index contributed by atoms with van der Waals surface area (Å²) in [6.07, 6.45) is 0. The number of hydrogen-bond donors (Lipinski definition) is 1. The van der Waals surface area contributed by atoms with Gasteiger partial charge >= 0.3 is 0 Å². The Morgan fingerprint density at radius 1 is 2.00 bits per heavy atom. The van der Waals surface area contributed by atoms with Gasteiger partial charge in [-0.1, -0.05) is 0 Å². The van der Waals surface area contributed by atoms with E-state index in [0.29, 0.717) is 5.35 Å². The summed E-state index contributed by atoms with van der Waals surface area (Å²) in [4.78, 5) is 0. The molecule has 1 N–H and O–H groups in total. The first-order valence-corrected chi connectivity index (χ1v) is 1.78. The molecule has 0 radical (unpaired) electrons. The summed E-state index contributed by atoms with van der Waals surface area (Å²) >= 11 is 0. The van der Waals surface area contributed by atoms with Crippen molar-refractivity contribution in [2.24, 2.45) is 0 Å². The second-order valence-electron chi connectivity index (χ2n) is 0.735. The minimum Gasteiger partial charge on any atom is -0.519 e. The van der Waals surface area contributed by atoms with E-state index in [1.807, 2.05) is 0 Å². The Kier molecular flexibility index (Phi) is 1.20. The number of aliphatic hydroxyl groups is 1. The Morgan fingerprint density at radius 2 is 2.00 bits per heavy atom. The second-order valence-corrected chi connectivity index (χ2v) is 1.76. The molecular formula is C2H6OSi. The first-order chi connectivity index (χ1) is 1.73. The molecule has 4 heavy (non-hydrogen) atoms. The van der Waals surface area contributed by atoms with Gasteiger partial charge in [-0.05, 0) is 6.92 Å². The van der Waals surface area contributed by atoms with Crippen molar-refractivity contribution in [3.63, 3.8) is 0 Å². The van der Waals surface area contributed by atoms with Crippen molar-refractivity contribution in [2.75, 3.05) is 0 Å². The lowest BCUT2D eigenvalue weighted by atomic mass is 10.9. The van der Waals surface area contributed by atoms with Crippen LogP contribution in [0.25, 0.3) is 0 Å². The van der Waals surface area contributed by atoms with Crippen LogP contribution in [0.4, 0.5) is 0 Å². The second kappa shape index (κ2) is 1.23. The Morgan fingerprint density at radius 3 is 2.00 bits per heavy atom. The van der Waals surface area contributed by atoms with Gasteiger partial charge in [-0.15, -0.1) is 0 Å². The summed E-state index contributed by atoms with van der Waals surface area (Å²) in [6.45, 7) is 1.65. The van der Waals surface area contributed by atoms with Gasteiger partial charge in [0.15, 0.2) is 0 Å². The van der Waals surface area contributed by atoms with Crippen LogP contribution in [0, 0.1) is 0 Å². The summed E-state index contributed by atoms with van der Waals surface area (Å²) in [6, 6.07) is 0. The Labute approximate surface area is 28.3 Å². The van der Waals surface area contributed by atoms with E-state index in [1.165, 1.54) is 9.85 Å². The van der Waals surface area contributed by atoms with E-state index in [-0.39, 0.29) is 0 Å². The van der Waals surface area contributed by atoms with Crippen LogP contribution in [0.2, 0.25) is 0 Å². The molecule has 1 nitrogen and oxygen atoms in total. The van der Waals surface area contributed by atoms with Crippen LogP contribution in [0.1, 0.15) is 6.92 Å². The van der Waals surface area contributed by atoms with Gasteiger partial charge in [0.25, 0.3) is 0 Å². The SMILES string of the molecule is CC(O)=[SiH2]. The number of aliphatic hydroxyl groups excluding tert-OH is 1. The van der Waals surface area contributed by atoms with E-state index in [2.05, 4.69) is 0 Å². The van der Waals surface area contributed by atoms with Crippen LogP contribution in [-0.2, 0) is 0 Å². The van der Waals surface area contributed by atoms with Crippen molar-refractivity contribution >= 4 is 15.2 Å². The van der Waals surface area contributed by atoms with Crippen LogP contribution >= 0.6 is 0 Å². The highest BCUT2D eigenvalue weighted by atomic mass is 28.1. The van der Waals surface area contributed by atoms with Gasteiger partial charge in [0.05, 0.1) is 5.35 Å². The van der Waals surface area contributed by atoms with Gasteiger partial charge in [-0.25, -0.2) is 0 Å². The summed E-state index contributed by atoms with van der Waals surface area (Å²) in [5.41, 5.74) is 0. The third-order valence-electron chi connectivity index (χ3n) is 0. The average Bonchev–Trinajstić information content (AvgIpc) is 0.811. The summed E-state index contributed by atoms with van der Waals surface area (Å²) in [7, 11) is 1.48. The normalized spacial score (nSPS) is 6.25. The maximum atomic E-state index is 7.98. The van der Waals surface area contributed by atoms with Crippen molar-refractivity contribution in [1.29, 1.82) is 0 Å². The Balaban J connectivity index is 2.80. The van der Waals surface area contributed by atoms with E-state index in [4.69, 9.17) is 5.11 Å². The third kappa shape index (κ3) is 116. The molecule has 0 fully saturated rings. The predicted octanol–water partition coefficient (Wildman–Crippen LogP) is -0.858. The fraction of sp³-hybridized carbons (Fsp3) is 0.500. The smallest absolute Gasteiger partial charge is 0.0539 e. The fourth-order valence-corrected chi connectivity index (χ4v) is 0. The van der Waals surface area contributed by atoms with E-state index in [9.17, 15) is 0 Å². The van der Waals surface area contributed by atoms with Crippen LogP contribution in [-0.4, -0.2) is 20.3 Å². The summed E-state index contributed by atoms with van der Waals surface area (Å²) < 4.78 is 0. The third-order valence-corrected chi connectivity index (χ3v) is 0. The van der Waals surface area contributed by atoms with Crippen molar-refractivity contribution in [3.05, 3.63) is 0 Å².